The Bertz CT molecular complexity index is 956. The summed E-state index contributed by atoms with van der Waals surface area (Å²) in [4.78, 5) is 20.6. The molecular weight excluding hydrogens is 380 g/mol. The Labute approximate surface area is 154 Å². The van der Waals surface area contributed by atoms with Crippen molar-refractivity contribution < 1.29 is 4.79 Å². The predicted octanol–water partition coefficient (Wildman–Crippen LogP) is 4.15. The Morgan fingerprint density at radius 2 is 1.92 bits per heavy atom. The second-order valence-corrected chi connectivity index (χ2v) is 7.54. The number of hydrogen-bond donors (Lipinski definition) is 1. The van der Waals surface area contributed by atoms with Gasteiger partial charge in [0.25, 0.3) is 0 Å². The molecule has 1 amide bonds. The van der Waals surface area contributed by atoms with Gasteiger partial charge in [0.05, 0.1) is 10.2 Å². The van der Waals surface area contributed by atoms with E-state index in [1.165, 1.54) is 36.6 Å². The van der Waals surface area contributed by atoms with Crippen LogP contribution in [0.25, 0.3) is 22.4 Å². The number of primary amides is 1. The minimum Gasteiger partial charge on any atom is -0.366 e. The molecule has 0 bridgehead atoms. The Morgan fingerprint density at radius 3 is 2.56 bits per heavy atom. The summed E-state index contributed by atoms with van der Waals surface area (Å²) in [7, 11) is 2.01. The van der Waals surface area contributed by atoms with Gasteiger partial charge in [-0.25, -0.2) is 9.97 Å². The van der Waals surface area contributed by atoms with E-state index in [2.05, 4.69) is 30.5 Å². The number of nitrogens with zero attached hydrogens (tertiary/aromatic N) is 3. The number of carbonyl (C=O) groups excluding carboxylic acids is 1. The molecule has 1 aromatic carbocycles. The predicted molar refractivity (Wildman–Crippen MR) is 101 cm³/mol. The van der Waals surface area contributed by atoms with Crippen LogP contribution in [0.3, 0.4) is 0 Å². The SMILES string of the molecule is Cn1c(-c2ncc(Br)cn2)c(C2CCCC2)c2ccc(C(N)=O)cc21. The fraction of sp³-hybridized carbons (Fsp3) is 0.316. The molecule has 0 atom stereocenters. The molecule has 5 nitrogen and oxygen atoms in total. The first-order valence-electron chi connectivity index (χ1n) is 8.46. The van der Waals surface area contributed by atoms with E-state index in [9.17, 15) is 4.79 Å². The maximum absolute atomic E-state index is 11.6. The number of carbonyl (C=O) groups is 1. The van der Waals surface area contributed by atoms with Gasteiger partial charge in [-0.1, -0.05) is 18.9 Å². The van der Waals surface area contributed by atoms with Crippen molar-refractivity contribution in [2.75, 3.05) is 0 Å². The molecule has 0 spiro atoms. The molecule has 4 rings (SSSR count). The number of nitrogens with two attached hydrogens (primary N) is 1. The van der Waals surface area contributed by atoms with Crippen LogP contribution in [0.2, 0.25) is 0 Å². The Hall–Kier alpha value is -2.21. The number of aromatic nitrogens is 3. The van der Waals surface area contributed by atoms with E-state index < -0.39 is 5.91 Å². The standard InChI is InChI=1S/C19H19BrN4O/c1-24-15-8-12(18(21)25)6-7-14(15)16(11-4-2-3-5-11)17(24)19-22-9-13(20)10-23-19/h6-11H,2-5H2,1H3,(H2,21,25). The molecule has 1 aliphatic carbocycles. The van der Waals surface area contributed by atoms with Gasteiger partial charge in [-0.2, -0.15) is 0 Å². The van der Waals surface area contributed by atoms with Crippen LogP contribution in [0.4, 0.5) is 0 Å². The summed E-state index contributed by atoms with van der Waals surface area (Å²) in [6.07, 6.45) is 8.41. The largest absolute Gasteiger partial charge is 0.366 e. The molecule has 2 heterocycles. The van der Waals surface area contributed by atoms with Crippen molar-refractivity contribution in [2.24, 2.45) is 12.8 Å². The zero-order valence-corrected chi connectivity index (χ0v) is 15.6. The quantitative estimate of drug-likeness (QED) is 0.719. The molecule has 0 aliphatic heterocycles. The molecule has 25 heavy (non-hydrogen) atoms. The van der Waals surface area contributed by atoms with Gasteiger partial charge in [0, 0.05) is 35.9 Å². The number of amides is 1. The minimum atomic E-state index is -0.410. The van der Waals surface area contributed by atoms with Crippen LogP contribution in [0.15, 0.2) is 35.1 Å². The summed E-state index contributed by atoms with van der Waals surface area (Å²) in [6.45, 7) is 0. The second kappa shape index (κ2) is 6.26. The Balaban J connectivity index is 2.01. The first kappa shape index (κ1) is 16.3. The minimum absolute atomic E-state index is 0.410. The lowest BCUT2D eigenvalue weighted by Gasteiger charge is -2.12. The summed E-state index contributed by atoms with van der Waals surface area (Å²) in [5, 5.41) is 1.17. The van der Waals surface area contributed by atoms with Crippen molar-refractivity contribution in [1.82, 2.24) is 14.5 Å². The number of fused-ring (bicyclic) bond motifs is 1. The lowest BCUT2D eigenvalue weighted by atomic mass is 9.93. The van der Waals surface area contributed by atoms with E-state index >= 15 is 0 Å². The summed E-state index contributed by atoms with van der Waals surface area (Å²) in [5.41, 5.74) is 9.33. The van der Waals surface area contributed by atoms with Gasteiger partial charge in [-0.3, -0.25) is 4.79 Å². The zero-order chi connectivity index (χ0) is 17.6. The van der Waals surface area contributed by atoms with Crippen LogP contribution in [0.1, 0.15) is 47.5 Å². The van der Waals surface area contributed by atoms with Gasteiger partial charge in [-0.05, 0) is 52.4 Å². The molecule has 2 aromatic heterocycles. The fourth-order valence-corrected chi connectivity index (χ4v) is 4.16. The van der Waals surface area contributed by atoms with Gasteiger partial charge in [-0.15, -0.1) is 0 Å². The number of aryl methyl sites for hydroxylation is 1. The molecule has 1 fully saturated rings. The van der Waals surface area contributed by atoms with Crippen LogP contribution in [0, 0.1) is 0 Å². The fourth-order valence-electron chi connectivity index (χ4n) is 3.95. The third-order valence-corrected chi connectivity index (χ3v) is 5.53. The molecule has 3 aromatic rings. The van der Waals surface area contributed by atoms with Gasteiger partial charge in [0.2, 0.25) is 5.91 Å². The van der Waals surface area contributed by atoms with Crippen molar-refractivity contribution in [3.63, 3.8) is 0 Å². The first-order chi connectivity index (χ1) is 12.1. The molecule has 0 unspecified atom stereocenters. The molecule has 6 heteroatoms. The van der Waals surface area contributed by atoms with Gasteiger partial charge < -0.3 is 10.3 Å². The highest BCUT2D eigenvalue weighted by Gasteiger charge is 2.27. The third-order valence-electron chi connectivity index (χ3n) is 5.12. The lowest BCUT2D eigenvalue weighted by molar-refractivity contribution is 0.100. The van der Waals surface area contributed by atoms with E-state index in [-0.39, 0.29) is 0 Å². The van der Waals surface area contributed by atoms with Crippen LogP contribution < -0.4 is 5.73 Å². The zero-order valence-electron chi connectivity index (χ0n) is 14.0. The van der Waals surface area contributed by atoms with Crippen LogP contribution in [-0.2, 0) is 7.05 Å². The third kappa shape index (κ3) is 2.74. The van der Waals surface area contributed by atoms with Crippen LogP contribution in [-0.4, -0.2) is 20.4 Å². The number of benzene rings is 1. The van der Waals surface area contributed by atoms with E-state index in [0.29, 0.717) is 17.3 Å². The highest BCUT2D eigenvalue weighted by Crippen LogP contribution is 2.43. The van der Waals surface area contributed by atoms with E-state index in [1.54, 1.807) is 12.4 Å². The highest BCUT2D eigenvalue weighted by atomic mass is 79.9. The van der Waals surface area contributed by atoms with Gasteiger partial charge in [0.1, 0.15) is 0 Å². The molecule has 1 aliphatic rings. The van der Waals surface area contributed by atoms with Crippen molar-refractivity contribution in [2.45, 2.75) is 31.6 Å². The topological polar surface area (TPSA) is 73.8 Å². The van der Waals surface area contributed by atoms with Crippen molar-refractivity contribution in [3.8, 4) is 11.5 Å². The average molecular weight is 399 g/mol. The number of hydrogen-bond acceptors (Lipinski definition) is 3. The molecule has 0 radical (unpaired) electrons. The first-order valence-corrected chi connectivity index (χ1v) is 9.25. The second-order valence-electron chi connectivity index (χ2n) is 6.62. The smallest absolute Gasteiger partial charge is 0.248 e. The van der Waals surface area contributed by atoms with E-state index in [4.69, 9.17) is 5.73 Å². The summed E-state index contributed by atoms with van der Waals surface area (Å²) in [6, 6.07) is 5.71. The maximum Gasteiger partial charge on any atom is 0.248 e. The highest BCUT2D eigenvalue weighted by molar-refractivity contribution is 9.10. The molecular formula is C19H19BrN4O. The van der Waals surface area contributed by atoms with E-state index in [1.807, 2.05) is 25.2 Å². The number of rotatable bonds is 3. The molecule has 0 saturated heterocycles. The number of halogens is 1. The van der Waals surface area contributed by atoms with Crippen LogP contribution >= 0.6 is 15.9 Å². The lowest BCUT2D eigenvalue weighted by Crippen LogP contribution is -2.10. The molecule has 128 valence electrons. The van der Waals surface area contributed by atoms with Crippen molar-refractivity contribution >= 4 is 32.7 Å². The summed E-state index contributed by atoms with van der Waals surface area (Å²) in [5.74, 6) is 0.807. The molecule has 2 N–H and O–H groups in total. The van der Waals surface area contributed by atoms with Crippen LogP contribution in [0.5, 0.6) is 0 Å². The van der Waals surface area contributed by atoms with Gasteiger partial charge in [0.15, 0.2) is 5.82 Å². The van der Waals surface area contributed by atoms with E-state index in [0.717, 1.165) is 15.7 Å². The van der Waals surface area contributed by atoms with Gasteiger partial charge >= 0.3 is 0 Å². The Kier molecular flexibility index (Phi) is 4.07. The van der Waals surface area contributed by atoms with Crippen molar-refractivity contribution in [1.29, 1.82) is 0 Å². The Morgan fingerprint density at radius 1 is 1.24 bits per heavy atom. The molecule has 1 saturated carbocycles. The monoisotopic (exact) mass is 398 g/mol. The summed E-state index contributed by atoms with van der Waals surface area (Å²) >= 11 is 3.40. The summed E-state index contributed by atoms with van der Waals surface area (Å²) < 4.78 is 2.95. The normalized spacial score (nSPS) is 15.1. The van der Waals surface area contributed by atoms with Crippen molar-refractivity contribution in [3.05, 3.63) is 46.2 Å². The average Bonchev–Trinajstić information content (AvgIpc) is 3.22. The maximum atomic E-state index is 11.6.